The van der Waals surface area contributed by atoms with Crippen LogP contribution in [0.3, 0.4) is 0 Å². The van der Waals surface area contributed by atoms with Gasteiger partial charge >= 0.3 is 8.05 Å². The average molecular weight is 411 g/mol. The summed E-state index contributed by atoms with van der Waals surface area (Å²) in [6.07, 6.45) is 7.09. The van der Waals surface area contributed by atoms with Gasteiger partial charge in [0.1, 0.15) is 0 Å². The monoisotopic (exact) mass is 410 g/mol. The molecule has 0 bridgehead atoms. The van der Waals surface area contributed by atoms with Crippen molar-refractivity contribution in [2.75, 3.05) is 11.9 Å². The maximum Gasteiger partial charge on any atom is 0.325 e. The fraction of sp³-hybridized carbons (Fsp3) is 0.500. The zero-order valence-corrected chi connectivity index (χ0v) is 17.9. The van der Waals surface area contributed by atoms with E-state index in [9.17, 15) is 4.79 Å². The third-order valence-corrected chi connectivity index (χ3v) is 5.63. The lowest BCUT2D eigenvalue weighted by Gasteiger charge is -2.45. The van der Waals surface area contributed by atoms with Gasteiger partial charge < -0.3 is 9.55 Å². The van der Waals surface area contributed by atoms with Crippen LogP contribution in [0.2, 0.25) is 0 Å². The number of benzene rings is 1. The molecule has 3 rings (SSSR count). The molecule has 1 aliphatic carbocycles. The van der Waals surface area contributed by atoms with Crippen molar-refractivity contribution in [2.24, 2.45) is 11.8 Å². The Morgan fingerprint density at radius 2 is 2.00 bits per heavy atom. The molecule has 1 heterocycles. The topological polar surface area (TPSA) is 42.4 Å². The lowest BCUT2D eigenvalue weighted by Crippen LogP contribution is -2.47. The number of rotatable bonds is 7. The first-order chi connectivity index (χ1) is 12.2. The summed E-state index contributed by atoms with van der Waals surface area (Å²) in [4.78, 5) is 19.0. The van der Waals surface area contributed by atoms with E-state index >= 15 is 0 Å². The van der Waals surface area contributed by atoms with Crippen LogP contribution in [0, 0.1) is 11.8 Å². The number of anilines is 1. The molecule has 27 heavy (non-hydrogen) atoms. The van der Waals surface area contributed by atoms with E-state index in [-0.39, 0.29) is 36.7 Å². The van der Waals surface area contributed by atoms with E-state index in [0.29, 0.717) is 12.0 Å². The molecule has 1 atom stereocenters. The second kappa shape index (κ2) is 10.8. The summed E-state index contributed by atoms with van der Waals surface area (Å²) in [5, 5.41) is 1.16. The highest BCUT2D eigenvalue weighted by Crippen LogP contribution is 2.41. The number of carbonyl (C=O) groups excluding carboxylic acids is 1. The molecule has 0 amide bonds. The smallest absolute Gasteiger partial charge is 0.325 e. The van der Waals surface area contributed by atoms with Crippen molar-refractivity contribution in [3.63, 3.8) is 0 Å². The number of carbonyl (C=O) groups is 1. The van der Waals surface area contributed by atoms with Gasteiger partial charge in [0, 0.05) is 24.7 Å². The van der Waals surface area contributed by atoms with Gasteiger partial charge in [0.25, 0.3) is 5.97 Å². The Balaban J connectivity index is 0.00000182. The number of hydrogen-bond donors (Lipinski definition) is 0. The molecule has 7 heteroatoms. The molecule has 0 spiro atoms. The highest BCUT2D eigenvalue weighted by Gasteiger charge is 2.40. The van der Waals surface area contributed by atoms with Crippen molar-refractivity contribution in [3.8, 4) is 0 Å². The van der Waals surface area contributed by atoms with Gasteiger partial charge in [-0.05, 0) is 37.3 Å². The van der Waals surface area contributed by atoms with Crippen LogP contribution in [0.15, 0.2) is 36.5 Å². The van der Waals surface area contributed by atoms with Crippen LogP contribution >= 0.6 is 24.8 Å². The minimum absolute atomic E-state index is 0. The predicted molar refractivity (Wildman–Crippen MR) is 119 cm³/mol. The van der Waals surface area contributed by atoms with Crippen LogP contribution < -0.4 is 4.90 Å². The van der Waals surface area contributed by atoms with Crippen LogP contribution in [0.4, 0.5) is 5.69 Å². The first-order valence-electron chi connectivity index (χ1n) is 9.30. The molecule has 1 aromatic carbocycles. The van der Waals surface area contributed by atoms with E-state index in [1.165, 1.54) is 13.7 Å². The van der Waals surface area contributed by atoms with Crippen LogP contribution in [0.1, 0.15) is 39.0 Å². The molecule has 1 unspecified atom stereocenters. The zero-order valence-electron chi connectivity index (χ0n) is 16.3. The van der Waals surface area contributed by atoms with Crippen LogP contribution in [-0.2, 0) is 9.45 Å². The molecule has 1 saturated carbocycles. The maximum atomic E-state index is 12.1. The number of aromatic nitrogens is 1. The predicted octanol–water partition coefficient (Wildman–Crippen LogP) is 4.19. The lowest BCUT2D eigenvalue weighted by molar-refractivity contribution is -0.142. The van der Waals surface area contributed by atoms with Crippen molar-refractivity contribution in [1.82, 2.24) is 4.98 Å². The molecular formula is C20H29BCl2N2O2. The fourth-order valence-electron chi connectivity index (χ4n) is 3.97. The standard InChI is InChI=1S/C20H27BN2O2.2ClH/c1-3-4-9-17(20(24)25-21)15-12-16(13-15)23(2)18-10-5-7-14-8-6-11-22-19(14)18;;/h5-8,10-11,15-17H,3-4,9,12-13,21H2,1-2H3;2*1H. The number of fused-ring (bicyclic) bond motifs is 1. The van der Waals surface area contributed by atoms with E-state index in [1.54, 1.807) is 0 Å². The van der Waals surface area contributed by atoms with E-state index in [2.05, 4.69) is 48.1 Å². The normalized spacial score (nSPS) is 19.2. The number of hydrogen-bond acceptors (Lipinski definition) is 4. The number of para-hydroxylation sites is 1. The Hall–Kier alpha value is -1.46. The SMILES string of the molecule is BOC(=O)C(CCCC)C1CC(N(C)c2cccc3cccnc23)C1.Cl.Cl. The maximum absolute atomic E-state index is 12.1. The Morgan fingerprint density at radius 3 is 2.67 bits per heavy atom. The zero-order chi connectivity index (χ0) is 17.8. The van der Waals surface area contributed by atoms with Gasteiger partial charge in [-0.3, -0.25) is 9.78 Å². The third kappa shape index (κ3) is 5.08. The largest absolute Gasteiger partial charge is 0.543 e. The summed E-state index contributed by atoms with van der Waals surface area (Å²) in [6, 6.07) is 10.9. The Morgan fingerprint density at radius 1 is 1.30 bits per heavy atom. The van der Waals surface area contributed by atoms with E-state index in [1.807, 2.05) is 12.3 Å². The molecule has 0 saturated heterocycles. The highest BCUT2D eigenvalue weighted by molar-refractivity contribution is 6.05. The van der Waals surface area contributed by atoms with Gasteiger partial charge in [-0.25, -0.2) is 0 Å². The number of halogens is 2. The van der Waals surface area contributed by atoms with E-state index < -0.39 is 0 Å². The minimum atomic E-state index is -0.0358. The molecule has 1 fully saturated rings. The van der Waals surface area contributed by atoms with Crippen molar-refractivity contribution in [1.29, 1.82) is 0 Å². The van der Waals surface area contributed by atoms with Gasteiger partial charge in [-0.2, -0.15) is 0 Å². The third-order valence-electron chi connectivity index (χ3n) is 5.63. The molecule has 2 aromatic rings. The summed E-state index contributed by atoms with van der Waals surface area (Å²) in [7, 11) is 3.65. The van der Waals surface area contributed by atoms with E-state index in [0.717, 1.165) is 43.0 Å². The second-order valence-corrected chi connectivity index (χ2v) is 7.12. The average Bonchev–Trinajstić information content (AvgIpc) is 2.61. The number of unbranched alkanes of at least 4 members (excludes halogenated alkanes) is 1. The summed E-state index contributed by atoms with van der Waals surface area (Å²) in [5.74, 6) is 0.459. The molecule has 1 aromatic heterocycles. The summed E-state index contributed by atoms with van der Waals surface area (Å²) in [5.41, 5.74) is 2.22. The van der Waals surface area contributed by atoms with Gasteiger partial charge in [0.15, 0.2) is 0 Å². The summed E-state index contributed by atoms with van der Waals surface area (Å²) < 4.78 is 5.04. The van der Waals surface area contributed by atoms with Gasteiger partial charge in [-0.1, -0.05) is 38.0 Å². The number of nitrogens with zero attached hydrogens (tertiary/aromatic N) is 2. The molecule has 4 nitrogen and oxygen atoms in total. The highest BCUT2D eigenvalue weighted by atomic mass is 35.5. The first kappa shape index (κ1) is 23.6. The Labute approximate surface area is 175 Å². The molecule has 0 radical (unpaired) electrons. The van der Waals surface area contributed by atoms with Crippen LogP contribution in [0.25, 0.3) is 10.9 Å². The number of pyridine rings is 1. The summed E-state index contributed by atoms with van der Waals surface area (Å²) in [6.45, 7) is 2.17. The van der Waals surface area contributed by atoms with Gasteiger partial charge in [0.2, 0.25) is 0 Å². The molecule has 148 valence electrons. The molecular weight excluding hydrogens is 382 g/mol. The van der Waals surface area contributed by atoms with Crippen molar-refractivity contribution < 1.29 is 9.45 Å². The second-order valence-electron chi connectivity index (χ2n) is 7.12. The molecule has 0 N–H and O–H groups in total. The van der Waals surface area contributed by atoms with Gasteiger partial charge in [-0.15, -0.1) is 24.8 Å². The quantitative estimate of drug-likeness (QED) is 0.641. The van der Waals surface area contributed by atoms with Crippen molar-refractivity contribution in [3.05, 3.63) is 36.5 Å². The Kier molecular flexibility index (Phi) is 9.41. The van der Waals surface area contributed by atoms with E-state index in [4.69, 9.17) is 4.65 Å². The molecule has 0 aliphatic heterocycles. The lowest BCUT2D eigenvalue weighted by atomic mass is 9.70. The van der Waals surface area contributed by atoms with Gasteiger partial charge in [0.05, 0.1) is 17.1 Å². The first-order valence-corrected chi connectivity index (χ1v) is 9.30. The van der Waals surface area contributed by atoms with Crippen LogP contribution in [-0.4, -0.2) is 32.1 Å². The minimum Gasteiger partial charge on any atom is -0.543 e. The van der Waals surface area contributed by atoms with Crippen molar-refractivity contribution in [2.45, 2.75) is 45.1 Å². The van der Waals surface area contributed by atoms with Crippen molar-refractivity contribution >= 4 is 55.4 Å². The summed E-state index contributed by atoms with van der Waals surface area (Å²) >= 11 is 0. The molecule has 1 aliphatic rings. The fourth-order valence-corrected chi connectivity index (χ4v) is 3.97. The Bertz CT molecular complexity index is 735. The van der Waals surface area contributed by atoms with Crippen LogP contribution in [0.5, 0.6) is 0 Å².